The molecule has 98 valence electrons. The van der Waals surface area contributed by atoms with Gasteiger partial charge in [0.2, 0.25) is 5.91 Å². The molecule has 0 bridgehead atoms. The van der Waals surface area contributed by atoms with E-state index in [0.29, 0.717) is 19.4 Å². The van der Waals surface area contributed by atoms with E-state index in [1.54, 1.807) is 20.8 Å². The molecule has 1 heterocycles. The molecule has 1 rings (SSSR count). The first-order valence-corrected chi connectivity index (χ1v) is 5.75. The van der Waals surface area contributed by atoms with Crippen molar-refractivity contribution >= 4 is 12.0 Å². The summed E-state index contributed by atoms with van der Waals surface area (Å²) in [5.74, 6) is -0.604. The lowest BCUT2D eigenvalue weighted by molar-refractivity contribution is -0.123. The summed E-state index contributed by atoms with van der Waals surface area (Å²) in [5, 5.41) is 0. The molecule has 0 saturated carbocycles. The van der Waals surface area contributed by atoms with E-state index in [1.807, 2.05) is 0 Å². The summed E-state index contributed by atoms with van der Waals surface area (Å²) in [7, 11) is 0. The minimum atomic E-state index is -0.544. The molecule has 1 aliphatic heterocycles. The van der Waals surface area contributed by atoms with Crippen molar-refractivity contribution in [2.45, 2.75) is 45.4 Å². The standard InChI is InChI=1S/C11H21N3O3/c1-11(2,3)17-10(16)14-5-4-7(9(13)15)6-8(14)12/h7-8H,4-6,12H2,1-3H3,(H2,13,15). The van der Waals surface area contributed by atoms with E-state index in [2.05, 4.69) is 0 Å². The number of rotatable bonds is 1. The molecule has 0 spiro atoms. The van der Waals surface area contributed by atoms with Crippen LogP contribution in [0.25, 0.3) is 0 Å². The number of carbonyl (C=O) groups excluding carboxylic acids is 2. The molecule has 0 radical (unpaired) electrons. The van der Waals surface area contributed by atoms with Gasteiger partial charge >= 0.3 is 6.09 Å². The van der Waals surface area contributed by atoms with Gasteiger partial charge < -0.3 is 16.2 Å². The summed E-state index contributed by atoms with van der Waals surface area (Å²) >= 11 is 0. The highest BCUT2D eigenvalue weighted by molar-refractivity contribution is 5.77. The molecule has 0 aromatic rings. The monoisotopic (exact) mass is 243 g/mol. The van der Waals surface area contributed by atoms with Gasteiger partial charge in [-0.3, -0.25) is 9.69 Å². The van der Waals surface area contributed by atoms with Gasteiger partial charge in [-0.1, -0.05) is 0 Å². The first kappa shape index (κ1) is 13.8. The third kappa shape index (κ3) is 3.89. The summed E-state index contributed by atoms with van der Waals surface area (Å²) in [4.78, 5) is 24.3. The van der Waals surface area contributed by atoms with Crippen LogP contribution >= 0.6 is 0 Å². The van der Waals surface area contributed by atoms with Crippen LogP contribution in [0.2, 0.25) is 0 Å². The molecule has 4 N–H and O–H groups in total. The highest BCUT2D eigenvalue weighted by Gasteiger charge is 2.33. The van der Waals surface area contributed by atoms with Crippen molar-refractivity contribution in [2.24, 2.45) is 17.4 Å². The molecule has 17 heavy (non-hydrogen) atoms. The van der Waals surface area contributed by atoms with E-state index in [4.69, 9.17) is 16.2 Å². The molecule has 0 aromatic heterocycles. The van der Waals surface area contributed by atoms with Gasteiger partial charge in [-0.25, -0.2) is 4.79 Å². The minimum absolute atomic E-state index is 0.247. The summed E-state index contributed by atoms with van der Waals surface area (Å²) in [5.41, 5.74) is 10.5. The largest absolute Gasteiger partial charge is 0.444 e. The molecule has 1 saturated heterocycles. The van der Waals surface area contributed by atoms with E-state index in [1.165, 1.54) is 4.90 Å². The van der Waals surface area contributed by atoms with Gasteiger partial charge in [-0.05, 0) is 33.6 Å². The van der Waals surface area contributed by atoms with Crippen molar-refractivity contribution in [1.82, 2.24) is 4.90 Å². The van der Waals surface area contributed by atoms with Crippen molar-refractivity contribution < 1.29 is 14.3 Å². The molecular formula is C11H21N3O3. The number of piperidine rings is 1. The van der Waals surface area contributed by atoms with E-state index < -0.39 is 17.9 Å². The lowest BCUT2D eigenvalue weighted by Gasteiger charge is -2.37. The number of hydrogen-bond acceptors (Lipinski definition) is 4. The van der Waals surface area contributed by atoms with Gasteiger partial charge in [0.15, 0.2) is 0 Å². The van der Waals surface area contributed by atoms with Gasteiger partial charge in [0.05, 0.1) is 6.17 Å². The molecular weight excluding hydrogens is 222 g/mol. The van der Waals surface area contributed by atoms with Crippen LogP contribution in [0.1, 0.15) is 33.6 Å². The topological polar surface area (TPSA) is 98.6 Å². The second kappa shape index (κ2) is 4.91. The maximum Gasteiger partial charge on any atom is 0.411 e. The molecule has 2 atom stereocenters. The Labute approximate surface area is 101 Å². The van der Waals surface area contributed by atoms with Crippen LogP contribution in [0.3, 0.4) is 0 Å². The molecule has 2 unspecified atom stereocenters. The quantitative estimate of drug-likeness (QED) is 0.696. The smallest absolute Gasteiger partial charge is 0.411 e. The molecule has 1 aliphatic rings. The van der Waals surface area contributed by atoms with E-state index in [0.717, 1.165) is 0 Å². The van der Waals surface area contributed by atoms with Crippen molar-refractivity contribution in [3.63, 3.8) is 0 Å². The first-order chi connectivity index (χ1) is 7.70. The zero-order valence-electron chi connectivity index (χ0n) is 10.6. The van der Waals surface area contributed by atoms with Gasteiger partial charge in [0.25, 0.3) is 0 Å². The van der Waals surface area contributed by atoms with Crippen LogP contribution in [0.4, 0.5) is 4.79 Å². The van der Waals surface area contributed by atoms with Crippen LogP contribution in [0.5, 0.6) is 0 Å². The third-order valence-corrected chi connectivity index (χ3v) is 2.68. The maximum absolute atomic E-state index is 11.8. The fraction of sp³-hybridized carbons (Fsp3) is 0.818. The van der Waals surface area contributed by atoms with Gasteiger partial charge in [0, 0.05) is 12.5 Å². The van der Waals surface area contributed by atoms with Crippen molar-refractivity contribution in [3.05, 3.63) is 0 Å². The Bertz CT molecular complexity index is 312. The predicted octanol–water partition coefficient (Wildman–Crippen LogP) is 0.404. The highest BCUT2D eigenvalue weighted by atomic mass is 16.6. The van der Waals surface area contributed by atoms with Crippen LogP contribution in [-0.4, -0.2) is 35.2 Å². The zero-order valence-corrected chi connectivity index (χ0v) is 10.6. The predicted molar refractivity (Wildman–Crippen MR) is 62.8 cm³/mol. The SMILES string of the molecule is CC(C)(C)OC(=O)N1CCC(C(N)=O)CC1N. The number of likely N-dealkylation sites (tertiary alicyclic amines) is 1. The average Bonchev–Trinajstić information content (AvgIpc) is 2.14. The maximum atomic E-state index is 11.8. The molecule has 2 amide bonds. The minimum Gasteiger partial charge on any atom is -0.444 e. The number of primary amides is 1. The second-order valence-electron chi connectivity index (χ2n) is 5.36. The lowest BCUT2D eigenvalue weighted by Crippen LogP contribution is -2.53. The molecule has 0 aliphatic carbocycles. The number of nitrogens with zero attached hydrogens (tertiary/aromatic N) is 1. The third-order valence-electron chi connectivity index (χ3n) is 2.68. The van der Waals surface area contributed by atoms with Crippen LogP contribution < -0.4 is 11.5 Å². The van der Waals surface area contributed by atoms with E-state index >= 15 is 0 Å². The Balaban J connectivity index is 2.58. The number of nitrogens with two attached hydrogens (primary N) is 2. The number of carbonyl (C=O) groups is 2. The van der Waals surface area contributed by atoms with Gasteiger partial charge in [-0.15, -0.1) is 0 Å². The Morgan fingerprint density at radius 2 is 1.94 bits per heavy atom. The van der Waals surface area contributed by atoms with Gasteiger partial charge in [0.1, 0.15) is 5.60 Å². The Hall–Kier alpha value is -1.30. The summed E-state index contributed by atoms with van der Waals surface area (Å²) in [6.07, 6.45) is 0.000600. The normalized spacial score (nSPS) is 25.5. The van der Waals surface area contributed by atoms with E-state index in [9.17, 15) is 9.59 Å². The molecule has 1 fully saturated rings. The summed E-state index contributed by atoms with van der Waals surface area (Å²) in [6, 6.07) is 0. The first-order valence-electron chi connectivity index (χ1n) is 5.75. The second-order valence-corrected chi connectivity index (χ2v) is 5.36. The Morgan fingerprint density at radius 1 is 1.35 bits per heavy atom. The van der Waals surface area contributed by atoms with Crippen molar-refractivity contribution in [1.29, 1.82) is 0 Å². The Kier molecular flexibility index (Phi) is 3.98. The van der Waals surface area contributed by atoms with Crippen LogP contribution in [0, 0.1) is 5.92 Å². The fourth-order valence-electron chi connectivity index (χ4n) is 1.80. The van der Waals surface area contributed by atoms with E-state index in [-0.39, 0.29) is 11.8 Å². The van der Waals surface area contributed by atoms with Crippen LogP contribution in [0.15, 0.2) is 0 Å². The lowest BCUT2D eigenvalue weighted by atomic mass is 9.94. The number of amides is 2. The molecule has 0 aromatic carbocycles. The van der Waals surface area contributed by atoms with Crippen LogP contribution in [-0.2, 0) is 9.53 Å². The summed E-state index contributed by atoms with van der Waals surface area (Å²) < 4.78 is 5.23. The van der Waals surface area contributed by atoms with Gasteiger partial charge in [-0.2, -0.15) is 0 Å². The number of ether oxygens (including phenoxy) is 1. The van der Waals surface area contributed by atoms with Crippen molar-refractivity contribution in [2.75, 3.05) is 6.54 Å². The average molecular weight is 243 g/mol. The fourth-order valence-corrected chi connectivity index (χ4v) is 1.80. The zero-order chi connectivity index (χ0) is 13.2. The molecule has 6 nitrogen and oxygen atoms in total. The Morgan fingerprint density at radius 3 is 2.35 bits per heavy atom. The molecule has 6 heteroatoms. The van der Waals surface area contributed by atoms with Crippen molar-refractivity contribution in [3.8, 4) is 0 Å². The number of hydrogen-bond donors (Lipinski definition) is 2. The highest BCUT2D eigenvalue weighted by Crippen LogP contribution is 2.22. The summed E-state index contributed by atoms with van der Waals surface area (Å²) in [6.45, 7) is 5.80.